The molecule has 10 nitrogen and oxygen atoms in total. The summed E-state index contributed by atoms with van der Waals surface area (Å²) in [5.74, 6) is -1.95. The van der Waals surface area contributed by atoms with E-state index in [4.69, 9.17) is 5.73 Å². The molecule has 0 spiro atoms. The van der Waals surface area contributed by atoms with Gasteiger partial charge in [0.15, 0.2) is 0 Å². The van der Waals surface area contributed by atoms with Gasteiger partial charge in [-0.05, 0) is 62.6 Å². The molecule has 1 atom stereocenters. The molecule has 1 saturated carbocycles. The monoisotopic (exact) mass is 643 g/mol. The summed E-state index contributed by atoms with van der Waals surface area (Å²) in [5, 5.41) is 5.36. The number of nitrogens with zero attached hydrogens (tertiary/aromatic N) is 2. The molecule has 1 aliphatic rings. The van der Waals surface area contributed by atoms with Crippen molar-refractivity contribution < 1.29 is 23.0 Å². The molecule has 0 radical (unpaired) electrons. The highest BCUT2D eigenvalue weighted by atomic mass is 32.2. The third kappa shape index (κ3) is 8.05. The largest absolute Gasteiger partial charge is 0.368 e. The molecule has 1 fully saturated rings. The zero-order chi connectivity index (χ0) is 34.6. The lowest BCUT2D eigenvalue weighted by atomic mass is 10.1. The zero-order valence-corrected chi connectivity index (χ0v) is 28.6. The van der Waals surface area contributed by atoms with Crippen LogP contribution in [0.2, 0.25) is 0 Å². The van der Waals surface area contributed by atoms with E-state index in [1.54, 1.807) is 25.1 Å². The lowest BCUT2D eigenvalue weighted by Gasteiger charge is -2.26. The normalized spacial score (nSPS) is 12.8. The SMILES string of the molecule is CC.CC.CC.CNC(=O)c1c(N(C=O)c2cccc(S(=O)C3(C(N)=O)CC3)c2)c(C)c(=O)n(C)c1Nc1ccc(C)cc1F. The Kier molecular flexibility index (Phi) is 14.8. The van der Waals surface area contributed by atoms with Crippen LogP contribution in [0.5, 0.6) is 0 Å². The second-order valence-electron chi connectivity index (χ2n) is 9.35. The first-order chi connectivity index (χ1) is 21.5. The number of aryl methyl sites for hydroxylation is 1. The Hall–Kier alpha value is -4.32. The van der Waals surface area contributed by atoms with Crippen molar-refractivity contribution >= 4 is 51.9 Å². The van der Waals surface area contributed by atoms with Gasteiger partial charge in [0, 0.05) is 30.2 Å². The summed E-state index contributed by atoms with van der Waals surface area (Å²) < 4.78 is 28.0. The molecule has 45 heavy (non-hydrogen) atoms. The number of nitrogens with two attached hydrogens (primary N) is 1. The first kappa shape index (κ1) is 38.7. The Balaban J connectivity index is 0.00000159. The predicted molar refractivity (Wildman–Crippen MR) is 180 cm³/mol. The van der Waals surface area contributed by atoms with E-state index in [1.807, 2.05) is 41.5 Å². The number of amides is 3. The van der Waals surface area contributed by atoms with Crippen LogP contribution < -0.4 is 26.8 Å². The fraction of sp³-hybridized carbons (Fsp3) is 0.394. The maximum atomic E-state index is 14.8. The van der Waals surface area contributed by atoms with E-state index in [1.165, 1.54) is 49.9 Å². The highest BCUT2D eigenvalue weighted by Gasteiger charge is 2.54. The summed E-state index contributed by atoms with van der Waals surface area (Å²) in [6, 6.07) is 10.5. The quantitative estimate of drug-likeness (QED) is 0.254. The summed E-state index contributed by atoms with van der Waals surface area (Å²) in [4.78, 5) is 52.4. The van der Waals surface area contributed by atoms with Crippen molar-refractivity contribution in [3.05, 3.63) is 75.3 Å². The van der Waals surface area contributed by atoms with E-state index >= 15 is 0 Å². The molecular weight excluding hydrogens is 597 g/mol. The third-order valence-electron chi connectivity index (χ3n) is 6.79. The number of pyridine rings is 1. The first-order valence-corrected chi connectivity index (χ1v) is 16.2. The molecule has 2 aromatic carbocycles. The lowest BCUT2D eigenvalue weighted by molar-refractivity contribution is -0.118. The van der Waals surface area contributed by atoms with Crippen LogP contribution in [0.1, 0.15) is 75.9 Å². The minimum absolute atomic E-state index is 0.0202. The van der Waals surface area contributed by atoms with Gasteiger partial charge in [0.2, 0.25) is 12.3 Å². The minimum Gasteiger partial charge on any atom is -0.368 e. The van der Waals surface area contributed by atoms with Crippen molar-refractivity contribution in [3.63, 3.8) is 0 Å². The topological polar surface area (TPSA) is 144 Å². The highest BCUT2D eigenvalue weighted by molar-refractivity contribution is 7.87. The number of primary amides is 1. The number of rotatable bonds is 9. The Bertz CT molecular complexity index is 1600. The summed E-state index contributed by atoms with van der Waals surface area (Å²) in [5.41, 5.74) is 5.79. The number of carbonyl (C=O) groups is 3. The van der Waals surface area contributed by atoms with Crippen LogP contribution in [0, 0.1) is 19.7 Å². The van der Waals surface area contributed by atoms with Crippen LogP contribution in [0.15, 0.2) is 52.2 Å². The van der Waals surface area contributed by atoms with Gasteiger partial charge >= 0.3 is 0 Å². The molecule has 4 N–H and O–H groups in total. The van der Waals surface area contributed by atoms with Gasteiger partial charge in [-0.2, -0.15) is 0 Å². The first-order valence-electron chi connectivity index (χ1n) is 15.0. The van der Waals surface area contributed by atoms with Crippen molar-refractivity contribution in [1.29, 1.82) is 0 Å². The van der Waals surface area contributed by atoms with Gasteiger partial charge in [-0.1, -0.05) is 53.7 Å². The van der Waals surface area contributed by atoms with Crippen LogP contribution >= 0.6 is 0 Å². The number of hydrogen-bond donors (Lipinski definition) is 3. The molecule has 3 aromatic rings. The standard InChI is InChI=1S/C27H28FN5O5S.3C2H6/c1-15-8-9-20(19(28)12-15)31-23-21(24(35)30-3)22(16(2)25(36)32(23)4)33(14-34)17-6-5-7-18(13-17)39(38)27(10-11-27)26(29)37;3*1-2/h5-9,12-14,31H,10-11H2,1-4H3,(H2,29,37)(H,30,35);3*1-2H3. The molecule has 1 heterocycles. The lowest BCUT2D eigenvalue weighted by Crippen LogP contribution is -2.34. The van der Waals surface area contributed by atoms with Gasteiger partial charge < -0.3 is 16.4 Å². The van der Waals surface area contributed by atoms with Crippen molar-refractivity contribution in [2.45, 2.75) is 77.9 Å². The second-order valence-corrected chi connectivity index (χ2v) is 11.1. The summed E-state index contributed by atoms with van der Waals surface area (Å²) in [7, 11) is 1.03. The maximum Gasteiger partial charge on any atom is 0.256 e. The zero-order valence-electron chi connectivity index (χ0n) is 27.8. The summed E-state index contributed by atoms with van der Waals surface area (Å²) >= 11 is 0. The summed E-state index contributed by atoms with van der Waals surface area (Å²) in [6.45, 7) is 15.2. The molecule has 0 bridgehead atoms. The van der Waals surface area contributed by atoms with E-state index in [0.29, 0.717) is 24.8 Å². The number of carbonyl (C=O) groups excluding carboxylic acids is 3. The fourth-order valence-corrected chi connectivity index (χ4v) is 5.95. The van der Waals surface area contributed by atoms with Crippen molar-refractivity contribution in [2.75, 3.05) is 17.3 Å². The number of halogens is 1. The van der Waals surface area contributed by atoms with Gasteiger partial charge in [0.1, 0.15) is 21.9 Å². The molecule has 1 aromatic heterocycles. The molecule has 1 aliphatic carbocycles. The van der Waals surface area contributed by atoms with Crippen molar-refractivity contribution in [1.82, 2.24) is 9.88 Å². The molecular formula is C33H46FN5O5S. The van der Waals surface area contributed by atoms with Gasteiger partial charge in [0.25, 0.3) is 11.5 Å². The number of anilines is 4. The number of benzene rings is 2. The molecule has 0 saturated heterocycles. The molecule has 12 heteroatoms. The Labute approximate surface area is 267 Å². The van der Waals surface area contributed by atoms with Crippen LogP contribution in [-0.4, -0.2) is 38.8 Å². The molecule has 4 rings (SSSR count). The van der Waals surface area contributed by atoms with E-state index in [0.717, 1.165) is 4.90 Å². The van der Waals surface area contributed by atoms with Gasteiger partial charge in [-0.15, -0.1) is 0 Å². The maximum absolute atomic E-state index is 14.8. The fourth-order valence-electron chi connectivity index (χ4n) is 4.41. The van der Waals surface area contributed by atoms with E-state index in [2.05, 4.69) is 10.6 Å². The molecule has 0 aliphatic heterocycles. The van der Waals surface area contributed by atoms with E-state index < -0.39 is 38.7 Å². The average molecular weight is 644 g/mol. The van der Waals surface area contributed by atoms with Crippen molar-refractivity contribution in [3.8, 4) is 0 Å². The predicted octanol–water partition coefficient (Wildman–Crippen LogP) is 5.74. The molecule has 1 unspecified atom stereocenters. The van der Waals surface area contributed by atoms with Gasteiger partial charge in [0.05, 0.1) is 22.2 Å². The minimum atomic E-state index is -1.78. The number of aromatic nitrogens is 1. The Morgan fingerprint density at radius 3 is 2.13 bits per heavy atom. The molecule has 3 amide bonds. The second kappa shape index (κ2) is 17.2. The van der Waals surface area contributed by atoms with Crippen molar-refractivity contribution in [2.24, 2.45) is 12.8 Å². The third-order valence-corrected chi connectivity index (χ3v) is 8.79. The van der Waals surface area contributed by atoms with E-state index in [9.17, 15) is 27.8 Å². The smallest absolute Gasteiger partial charge is 0.256 e. The number of nitrogens with one attached hydrogen (secondary N) is 2. The summed E-state index contributed by atoms with van der Waals surface area (Å²) in [6.07, 6.45) is 1.19. The Morgan fingerprint density at radius 1 is 1.04 bits per heavy atom. The van der Waals surface area contributed by atoms with Crippen LogP contribution in [-0.2, 0) is 27.4 Å². The van der Waals surface area contributed by atoms with Crippen LogP contribution in [0.4, 0.5) is 27.3 Å². The van der Waals surface area contributed by atoms with Gasteiger partial charge in [-0.3, -0.25) is 32.9 Å². The number of hydrogen-bond acceptors (Lipinski definition) is 6. The highest BCUT2D eigenvalue weighted by Crippen LogP contribution is 2.45. The van der Waals surface area contributed by atoms with Crippen LogP contribution in [0.25, 0.3) is 0 Å². The van der Waals surface area contributed by atoms with Crippen LogP contribution in [0.3, 0.4) is 0 Å². The molecule has 246 valence electrons. The average Bonchev–Trinajstić information content (AvgIpc) is 3.88. The Morgan fingerprint density at radius 2 is 1.64 bits per heavy atom. The van der Waals surface area contributed by atoms with E-state index in [-0.39, 0.29) is 38.9 Å². The van der Waals surface area contributed by atoms with Gasteiger partial charge in [-0.25, -0.2) is 4.39 Å².